The molecule has 0 radical (unpaired) electrons. The van der Waals surface area contributed by atoms with Crippen molar-refractivity contribution >= 4 is 11.8 Å². The summed E-state index contributed by atoms with van der Waals surface area (Å²) in [5.74, 6) is -2.08. The highest BCUT2D eigenvalue weighted by atomic mass is 19.1. The molecule has 0 saturated heterocycles. The van der Waals surface area contributed by atoms with Crippen molar-refractivity contribution in [3.05, 3.63) is 107 Å². The topological polar surface area (TPSA) is 121 Å². The third-order valence-electron chi connectivity index (χ3n) is 8.68. The van der Waals surface area contributed by atoms with E-state index >= 15 is 0 Å². The van der Waals surface area contributed by atoms with Gasteiger partial charge in [0, 0.05) is 48.6 Å². The monoisotopic (exact) mass is 659 g/mol. The van der Waals surface area contributed by atoms with E-state index in [1.807, 2.05) is 19.9 Å². The molecular weight excluding hydrogens is 616 g/mol. The van der Waals surface area contributed by atoms with Gasteiger partial charge in [-0.15, -0.1) is 0 Å². The molecule has 2 heterocycles. The molecule has 9 nitrogen and oxygen atoms in total. The number of aliphatic hydroxyl groups excluding tert-OH is 1. The van der Waals surface area contributed by atoms with Gasteiger partial charge in [0.2, 0.25) is 5.89 Å². The summed E-state index contributed by atoms with van der Waals surface area (Å²) >= 11 is 0. The molecule has 0 spiro atoms. The number of rotatable bonds is 16. The average Bonchev–Trinajstić information content (AvgIpc) is 3.67. The van der Waals surface area contributed by atoms with Crippen LogP contribution in [0.15, 0.2) is 71.6 Å². The molecule has 2 aromatic carbocycles. The summed E-state index contributed by atoms with van der Waals surface area (Å²) < 4.78 is 33.9. The van der Waals surface area contributed by atoms with E-state index in [0.717, 1.165) is 49.4 Å². The molecule has 4 aromatic rings. The predicted octanol–water partition coefficient (Wildman–Crippen LogP) is 5.82. The Bertz CT molecular complexity index is 1680. The van der Waals surface area contributed by atoms with Crippen molar-refractivity contribution < 1.29 is 27.9 Å². The molecule has 3 N–H and O–H groups in total. The van der Waals surface area contributed by atoms with Gasteiger partial charge in [-0.25, -0.2) is 13.8 Å². The van der Waals surface area contributed by atoms with Crippen LogP contribution in [0.1, 0.15) is 84.0 Å². The maximum absolute atomic E-state index is 14.2. The summed E-state index contributed by atoms with van der Waals surface area (Å²) in [5, 5.41) is 17.8. The Labute approximate surface area is 279 Å². The first-order chi connectivity index (χ1) is 23.1. The van der Waals surface area contributed by atoms with Gasteiger partial charge in [-0.3, -0.25) is 14.6 Å². The number of pyridine rings is 1. The standard InChI is InChI=1S/C37H43F2N5O4/c1-4-12-44(13-5-2)36(47)28-20-26(19-27(21-28)35-41-11-14-48-35)34(46)43-31(17-25-15-29(38)22-30(39)16-25)32(45)23-42-37(8-9-37)33-18-24(6-3)7-10-40-33/h7,10-11,14-16,18-22,31-32,42,45H,4-6,8-9,12-13,17,23H2,1-3H3,(H,43,46)/t31-,32+/m0/s1. The number of hydrogen-bond donors (Lipinski definition) is 3. The first-order valence-electron chi connectivity index (χ1n) is 16.6. The van der Waals surface area contributed by atoms with Gasteiger partial charge in [0.15, 0.2) is 0 Å². The van der Waals surface area contributed by atoms with Crippen LogP contribution in [-0.2, 0) is 18.4 Å². The zero-order valence-corrected chi connectivity index (χ0v) is 27.6. The summed E-state index contributed by atoms with van der Waals surface area (Å²) in [6, 6.07) is 10.9. The Kier molecular flexibility index (Phi) is 11.3. The molecule has 2 aromatic heterocycles. The Hall–Kier alpha value is -4.48. The number of halogens is 2. The summed E-state index contributed by atoms with van der Waals surface area (Å²) in [5.41, 5.74) is 2.81. The molecule has 1 fully saturated rings. The van der Waals surface area contributed by atoms with Gasteiger partial charge in [-0.1, -0.05) is 20.8 Å². The number of carbonyl (C=O) groups excluding carboxylic acids is 2. The number of carbonyl (C=O) groups is 2. The second-order valence-corrected chi connectivity index (χ2v) is 12.4. The van der Waals surface area contributed by atoms with Crippen LogP contribution in [0, 0.1) is 11.6 Å². The lowest BCUT2D eigenvalue weighted by Gasteiger charge is -2.27. The lowest BCUT2D eigenvalue weighted by Crippen LogP contribution is -2.50. The zero-order chi connectivity index (χ0) is 34.3. The molecule has 1 saturated carbocycles. The van der Waals surface area contributed by atoms with Crippen LogP contribution in [0.5, 0.6) is 0 Å². The minimum Gasteiger partial charge on any atom is -0.445 e. The van der Waals surface area contributed by atoms with Crippen molar-refractivity contribution in [1.29, 1.82) is 0 Å². The maximum Gasteiger partial charge on any atom is 0.253 e. The number of aryl methyl sites for hydroxylation is 1. The van der Waals surface area contributed by atoms with E-state index in [0.29, 0.717) is 24.2 Å². The normalized spacial score (nSPS) is 14.7. The summed E-state index contributed by atoms with van der Waals surface area (Å²) in [7, 11) is 0. The highest BCUT2D eigenvalue weighted by Crippen LogP contribution is 2.44. The number of aliphatic hydroxyl groups is 1. The molecule has 1 aliphatic rings. The molecular formula is C37H43F2N5O4. The van der Waals surface area contributed by atoms with E-state index in [4.69, 9.17) is 4.42 Å². The van der Waals surface area contributed by atoms with Crippen molar-refractivity contribution in [3.63, 3.8) is 0 Å². The van der Waals surface area contributed by atoms with E-state index < -0.39 is 35.2 Å². The SMILES string of the molecule is CCCN(CCC)C(=O)c1cc(C(=O)N[C@@H](Cc2cc(F)cc(F)c2)[C@H](O)CNC2(c3cc(CC)ccn3)CC2)cc(-c2ncco2)c1. The van der Waals surface area contributed by atoms with Crippen LogP contribution in [0.4, 0.5) is 8.78 Å². The van der Waals surface area contributed by atoms with Gasteiger partial charge in [-0.2, -0.15) is 0 Å². The minimum absolute atomic E-state index is 0.0498. The fourth-order valence-electron chi connectivity index (χ4n) is 5.97. The third-order valence-corrected chi connectivity index (χ3v) is 8.68. The molecule has 0 unspecified atom stereocenters. The van der Waals surface area contributed by atoms with Crippen LogP contribution < -0.4 is 10.6 Å². The Morgan fingerprint density at radius 2 is 1.65 bits per heavy atom. The first-order valence-corrected chi connectivity index (χ1v) is 16.6. The molecule has 254 valence electrons. The summed E-state index contributed by atoms with van der Waals surface area (Å²) in [4.78, 5) is 38.1. The number of benzene rings is 2. The number of oxazole rings is 1. The highest BCUT2D eigenvalue weighted by Gasteiger charge is 2.46. The van der Waals surface area contributed by atoms with Crippen LogP contribution in [0.2, 0.25) is 0 Å². The lowest BCUT2D eigenvalue weighted by atomic mass is 9.98. The minimum atomic E-state index is -1.15. The zero-order valence-electron chi connectivity index (χ0n) is 27.6. The van der Waals surface area contributed by atoms with Crippen LogP contribution in [-0.4, -0.2) is 63.6 Å². The smallest absolute Gasteiger partial charge is 0.253 e. The van der Waals surface area contributed by atoms with E-state index in [9.17, 15) is 23.5 Å². The van der Waals surface area contributed by atoms with E-state index in [-0.39, 0.29) is 35.9 Å². The van der Waals surface area contributed by atoms with Gasteiger partial charge < -0.3 is 25.1 Å². The number of amides is 2. The first kappa shape index (κ1) is 34.8. The lowest BCUT2D eigenvalue weighted by molar-refractivity contribution is 0.0755. The molecule has 5 rings (SSSR count). The van der Waals surface area contributed by atoms with Crippen molar-refractivity contribution in [2.45, 2.75) is 77.0 Å². The van der Waals surface area contributed by atoms with Crippen molar-refractivity contribution in [2.75, 3.05) is 19.6 Å². The van der Waals surface area contributed by atoms with E-state index in [2.05, 4.69) is 33.6 Å². The molecule has 0 bridgehead atoms. The van der Waals surface area contributed by atoms with Crippen LogP contribution in [0.25, 0.3) is 11.5 Å². The van der Waals surface area contributed by atoms with Gasteiger partial charge in [0.1, 0.15) is 17.9 Å². The Morgan fingerprint density at radius 3 is 2.27 bits per heavy atom. The number of aromatic nitrogens is 2. The third kappa shape index (κ3) is 8.51. The number of nitrogens with zero attached hydrogens (tertiary/aromatic N) is 3. The molecule has 48 heavy (non-hydrogen) atoms. The maximum atomic E-state index is 14.2. The van der Waals surface area contributed by atoms with Gasteiger partial charge >= 0.3 is 0 Å². The molecule has 1 aliphatic carbocycles. The molecule has 0 aliphatic heterocycles. The van der Waals surface area contributed by atoms with Crippen LogP contribution in [0.3, 0.4) is 0 Å². The van der Waals surface area contributed by atoms with Crippen molar-refractivity contribution in [3.8, 4) is 11.5 Å². The van der Waals surface area contributed by atoms with Crippen molar-refractivity contribution in [1.82, 2.24) is 25.5 Å². The van der Waals surface area contributed by atoms with Crippen molar-refractivity contribution in [2.24, 2.45) is 0 Å². The van der Waals surface area contributed by atoms with Gasteiger partial charge in [0.05, 0.1) is 29.6 Å². The van der Waals surface area contributed by atoms with E-state index in [1.165, 1.54) is 30.7 Å². The van der Waals surface area contributed by atoms with Crippen LogP contribution >= 0.6 is 0 Å². The summed E-state index contributed by atoms with van der Waals surface area (Å²) in [6.45, 7) is 7.26. The Balaban J connectivity index is 1.42. The predicted molar refractivity (Wildman–Crippen MR) is 178 cm³/mol. The molecule has 2 amide bonds. The average molecular weight is 660 g/mol. The molecule has 11 heteroatoms. The highest BCUT2D eigenvalue weighted by molar-refractivity contribution is 6.01. The van der Waals surface area contributed by atoms with Gasteiger partial charge in [-0.05, 0) is 92.1 Å². The quantitative estimate of drug-likeness (QED) is 0.139. The number of hydrogen-bond acceptors (Lipinski definition) is 7. The fourth-order valence-corrected chi connectivity index (χ4v) is 5.97. The molecule has 2 atom stereocenters. The Morgan fingerprint density at radius 1 is 0.938 bits per heavy atom. The second-order valence-electron chi connectivity index (χ2n) is 12.4. The second kappa shape index (κ2) is 15.6. The number of nitrogens with one attached hydrogen (secondary N) is 2. The summed E-state index contributed by atoms with van der Waals surface area (Å²) in [6.07, 6.45) is 7.55. The van der Waals surface area contributed by atoms with Gasteiger partial charge in [0.25, 0.3) is 11.8 Å². The fraction of sp³-hybridized carbons (Fsp3) is 0.405. The van der Waals surface area contributed by atoms with E-state index in [1.54, 1.807) is 23.2 Å². The largest absolute Gasteiger partial charge is 0.445 e.